The smallest absolute Gasteiger partial charge is 0.133 e. The van der Waals surface area contributed by atoms with Gasteiger partial charge in [-0.3, -0.25) is 4.90 Å². The number of hydrogen-bond acceptors (Lipinski definition) is 5. The van der Waals surface area contributed by atoms with Gasteiger partial charge < -0.3 is 14.6 Å². The van der Waals surface area contributed by atoms with Crippen molar-refractivity contribution in [1.82, 2.24) is 4.90 Å². The average molecular weight is 557 g/mol. The molecule has 1 N–H and O–H groups in total. The van der Waals surface area contributed by atoms with E-state index in [9.17, 15) is 5.11 Å². The van der Waals surface area contributed by atoms with Crippen LogP contribution in [0.3, 0.4) is 0 Å². The predicted octanol–water partition coefficient (Wildman–Crippen LogP) is 5.82. The Morgan fingerprint density at radius 3 is 2.36 bits per heavy atom. The molecule has 2 aromatic carbocycles. The number of alkyl halides is 1. The molecule has 0 spiro atoms. The van der Waals surface area contributed by atoms with Crippen LogP contribution in [0, 0.1) is 5.92 Å². The number of thioether (sulfide) groups is 1. The van der Waals surface area contributed by atoms with E-state index >= 15 is 0 Å². The number of rotatable bonds is 11. The zero-order valence-electron chi connectivity index (χ0n) is 19.7. The molecule has 33 heavy (non-hydrogen) atoms. The molecule has 1 aliphatic heterocycles. The van der Waals surface area contributed by atoms with E-state index in [1.807, 2.05) is 30.0 Å². The van der Waals surface area contributed by atoms with E-state index in [1.165, 1.54) is 11.1 Å². The minimum absolute atomic E-state index is 0.186. The van der Waals surface area contributed by atoms with Gasteiger partial charge in [0.25, 0.3) is 0 Å². The third-order valence-corrected chi connectivity index (χ3v) is 8.12. The van der Waals surface area contributed by atoms with Gasteiger partial charge in [0.15, 0.2) is 0 Å². The number of halogens is 2. The van der Waals surface area contributed by atoms with Crippen molar-refractivity contribution in [1.29, 1.82) is 0 Å². The summed E-state index contributed by atoms with van der Waals surface area (Å²) in [7, 11) is 0. The van der Waals surface area contributed by atoms with Gasteiger partial charge in [-0.1, -0.05) is 39.0 Å². The van der Waals surface area contributed by atoms with E-state index in [0.717, 1.165) is 40.6 Å². The molecule has 2 atom stereocenters. The number of β-amino-alcohol motifs (C(OH)–C–C–N with tert-alkyl or cyclic N) is 1. The Morgan fingerprint density at radius 1 is 1.06 bits per heavy atom. The van der Waals surface area contributed by atoms with E-state index in [4.69, 9.17) is 21.1 Å². The van der Waals surface area contributed by atoms with Crippen molar-refractivity contribution >= 4 is 39.3 Å². The van der Waals surface area contributed by atoms with Crippen LogP contribution in [0.15, 0.2) is 46.9 Å². The zero-order valence-corrected chi connectivity index (χ0v) is 22.9. The predicted molar refractivity (Wildman–Crippen MR) is 143 cm³/mol. The number of nitrogens with zero attached hydrogens (tertiary/aromatic N) is 1. The fourth-order valence-corrected chi connectivity index (χ4v) is 5.31. The highest BCUT2D eigenvalue weighted by atomic mass is 79.9. The van der Waals surface area contributed by atoms with Gasteiger partial charge in [-0.05, 0) is 51.3 Å². The molecule has 0 saturated carbocycles. The van der Waals surface area contributed by atoms with Crippen LogP contribution in [0.5, 0.6) is 11.5 Å². The second kappa shape index (κ2) is 12.7. The van der Waals surface area contributed by atoms with Gasteiger partial charge in [0.1, 0.15) is 24.2 Å². The molecule has 3 rings (SSSR count). The molecule has 0 aromatic heterocycles. The quantitative estimate of drug-likeness (QED) is 0.354. The monoisotopic (exact) mass is 555 g/mol. The van der Waals surface area contributed by atoms with E-state index in [1.54, 1.807) is 0 Å². The highest BCUT2D eigenvalue weighted by Crippen LogP contribution is 2.36. The number of aliphatic hydroxyl groups excluding tert-OH is 1. The first kappa shape index (κ1) is 26.7. The van der Waals surface area contributed by atoms with Crippen molar-refractivity contribution in [2.75, 3.05) is 50.2 Å². The Kier molecular flexibility index (Phi) is 10.3. The molecule has 182 valence electrons. The van der Waals surface area contributed by atoms with Crippen molar-refractivity contribution < 1.29 is 14.6 Å². The maximum Gasteiger partial charge on any atom is 0.133 e. The lowest BCUT2D eigenvalue weighted by Gasteiger charge is -2.28. The van der Waals surface area contributed by atoms with Crippen molar-refractivity contribution in [2.24, 2.45) is 5.92 Å². The van der Waals surface area contributed by atoms with Gasteiger partial charge in [-0.25, -0.2) is 0 Å². The van der Waals surface area contributed by atoms with Crippen LogP contribution < -0.4 is 9.47 Å². The molecule has 1 saturated heterocycles. The Bertz CT molecular complexity index is 874. The van der Waals surface area contributed by atoms with E-state index in [-0.39, 0.29) is 5.41 Å². The summed E-state index contributed by atoms with van der Waals surface area (Å²) in [6.45, 7) is 10.2. The minimum Gasteiger partial charge on any atom is -0.492 e. The summed E-state index contributed by atoms with van der Waals surface area (Å²) in [6.07, 6.45) is -0.477. The second-order valence-electron chi connectivity index (χ2n) is 9.24. The van der Waals surface area contributed by atoms with Crippen LogP contribution in [0.25, 0.3) is 0 Å². The number of benzene rings is 2. The maximum absolute atomic E-state index is 10.3. The highest BCUT2D eigenvalue weighted by Gasteiger charge is 2.24. The van der Waals surface area contributed by atoms with Gasteiger partial charge in [-0.2, -0.15) is 11.8 Å². The Morgan fingerprint density at radius 2 is 1.73 bits per heavy atom. The van der Waals surface area contributed by atoms with Crippen LogP contribution in [0.2, 0.25) is 0 Å². The standard InChI is InChI=1S/C26H35BrClNO3S/c1-19(15-28)17-32-25-9-6-21(14-24(25)27)26(2,3)20-4-7-23(8-5-20)31-18-22(30)16-29-10-12-33-13-11-29/h4-9,14,19,22,30H,10-13,15-18H2,1-3H3/t19-,22+/m1/s1. The van der Waals surface area contributed by atoms with E-state index in [2.05, 4.69) is 65.9 Å². The van der Waals surface area contributed by atoms with Crippen molar-refractivity contribution in [2.45, 2.75) is 32.3 Å². The topological polar surface area (TPSA) is 41.9 Å². The molecule has 0 unspecified atom stereocenters. The van der Waals surface area contributed by atoms with Crippen LogP contribution in [-0.2, 0) is 5.41 Å². The number of ether oxygens (including phenoxy) is 2. The molecular formula is C26H35BrClNO3S. The first-order valence-electron chi connectivity index (χ1n) is 11.5. The van der Waals surface area contributed by atoms with Gasteiger partial charge in [0.05, 0.1) is 11.1 Å². The third-order valence-electron chi connectivity index (χ3n) is 6.03. The van der Waals surface area contributed by atoms with E-state index < -0.39 is 6.10 Å². The molecule has 1 fully saturated rings. The van der Waals surface area contributed by atoms with Gasteiger partial charge in [-0.15, -0.1) is 11.6 Å². The summed E-state index contributed by atoms with van der Waals surface area (Å²) in [6, 6.07) is 14.4. The van der Waals surface area contributed by atoms with Gasteiger partial charge >= 0.3 is 0 Å². The molecule has 1 aliphatic rings. The molecule has 7 heteroatoms. The first-order valence-corrected chi connectivity index (χ1v) is 14.0. The number of hydrogen-bond donors (Lipinski definition) is 1. The fraction of sp³-hybridized carbons (Fsp3) is 0.538. The Labute approximate surface area is 216 Å². The Hall–Kier alpha value is -0.920. The molecule has 0 radical (unpaired) electrons. The average Bonchev–Trinajstić information content (AvgIpc) is 2.82. The molecular weight excluding hydrogens is 522 g/mol. The molecule has 0 bridgehead atoms. The molecule has 2 aromatic rings. The van der Waals surface area contributed by atoms with Crippen LogP contribution in [-0.4, -0.2) is 66.3 Å². The lowest BCUT2D eigenvalue weighted by molar-refractivity contribution is 0.0715. The molecule has 4 nitrogen and oxygen atoms in total. The molecule has 1 heterocycles. The molecule has 0 aliphatic carbocycles. The minimum atomic E-state index is -0.477. The summed E-state index contributed by atoms with van der Waals surface area (Å²) < 4.78 is 12.7. The Balaban J connectivity index is 1.57. The van der Waals surface area contributed by atoms with Crippen LogP contribution in [0.1, 0.15) is 31.9 Å². The largest absolute Gasteiger partial charge is 0.492 e. The first-order chi connectivity index (χ1) is 15.8. The maximum atomic E-state index is 10.3. The molecule has 0 amide bonds. The van der Waals surface area contributed by atoms with Gasteiger partial charge in [0.2, 0.25) is 0 Å². The zero-order chi connectivity index (χ0) is 23.8. The van der Waals surface area contributed by atoms with E-state index in [0.29, 0.717) is 31.6 Å². The SMILES string of the molecule is C[C@H](CCl)COc1ccc(C(C)(C)c2ccc(OC[C@@H](O)CN3CCSCC3)cc2)cc1Br. The number of aliphatic hydroxyl groups is 1. The second-order valence-corrected chi connectivity index (χ2v) is 11.6. The van der Waals surface area contributed by atoms with Crippen molar-refractivity contribution in [3.8, 4) is 11.5 Å². The van der Waals surface area contributed by atoms with Crippen LogP contribution >= 0.6 is 39.3 Å². The summed E-state index contributed by atoms with van der Waals surface area (Å²) >= 11 is 11.5. The fourth-order valence-electron chi connectivity index (χ4n) is 3.74. The normalized spacial score (nSPS) is 16.9. The summed E-state index contributed by atoms with van der Waals surface area (Å²) in [4.78, 5) is 2.31. The summed E-state index contributed by atoms with van der Waals surface area (Å²) in [5, 5.41) is 10.3. The third kappa shape index (κ3) is 7.79. The lowest BCUT2D eigenvalue weighted by atomic mass is 9.78. The highest BCUT2D eigenvalue weighted by molar-refractivity contribution is 9.10. The lowest BCUT2D eigenvalue weighted by Crippen LogP contribution is -2.40. The van der Waals surface area contributed by atoms with Crippen LogP contribution in [0.4, 0.5) is 0 Å². The van der Waals surface area contributed by atoms with Crippen molar-refractivity contribution in [3.05, 3.63) is 58.1 Å². The van der Waals surface area contributed by atoms with Crippen molar-refractivity contribution in [3.63, 3.8) is 0 Å². The summed E-state index contributed by atoms with van der Waals surface area (Å²) in [5.74, 6) is 4.78. The van der Waals surface area contributed by atoms with Gasteiger partial charge in [0, 0.05) is 48.4 Å². The summed E-state index contributed by atoms with van der Waals surface area (Å²) in [5.41, 5.74) is 2.20.